The summed E-state index contributed by atoms with van der Waals surface area (Å²) in [5.41, 5.74) is 1.68. The molecule has 1 aromatic rings. The average molecular weight is 349 g/mol. The fourth-order valence-corrected chi connectivity index (χ4v) is 6.36. The number of fused-ring (bicyclic) bond motifs is 2. The lowest BCUT2D eigenvalue weighted by Crippen LogP contribution is -2.39. The molecule has 3 aliphatic heterocycles. The second-order valence-corrected chi connectivity index (χ2v) is 9.25. The van der Waals surface area contributed by atoms with Gasteiger partial charge in [0.25, 0.3) is 0 Å². The smallest absolute Gasteiger partial charge is 0.0502 e. The van der Waals surface area contributed by atoms with E-state index in [4.69, 9.17) is 0 Å². The van der Waals surface area contributed by atoms with Crippen LogP contribution in [0.1, 0.15) is 62.3 Å². The second kappa shape index (κ2) is 7.06. The Morgan fingerprint density at radius 2 is 2.04 bits per heavy atom. The zero-order valence-corrected chi connectivity index (χ0v) is 15.9. The lowest BCUT2D eigenvalue weighted by molar-refractivity contribution is 0.0716. The molecule has 0 amide bonds. The minimum absolute atomic E-state index is 0.177. The van der Waals surface area contributed by atoms with Gasteiger partial charge in [-0.15, -0.1) is 11.3 Å². The highest BCUT2D eigenvalue weighted by atomic mass is 32.1. The molecule has 3 nitrogen and oxygen atoms in total. The Morgan fingerprint density at radius 1 is 1.21 bits per heavy atom. The van der Waals surface area contributed by atoms with Crippen LogP contribution in [0.3, 0.4) is 0 Å². The summed E-state index contributed by atoms with van der Waals surface area (Å²) >= 11 is 1.94. The van der Waals surface area contributed by atoms with E-state index in [1.54, 1.807) is 0 Å². The fourth-order valence-electron chi connectivity index (χ4n) is 5.47. The van der Waals surface area contributed by atoms with Gasteiger partial charge in [0.1, 0.15) is 0 Å². The van der Waals surface area contributed by atoms with Crippen LogP contribution < -0.4 is 0 Å². The first-order chi connectivity index (χ1) is 11.7. The van der Waals surface area contributed by atoms with Crippen molar-refractivity contribution in [3.63, 3.8) is 0 Å². The third-order valence-electron chi connectivity index (χ3n) is 6.91. The zero-order valence-electron chi connectivity index (χ0n) is 15.0. The number of piperidine rings is 1. The SMILES string of the molecule is CC[C@@]1(CO)C[C@@H]2CC[C@H]1N2Cc1cc(CN2CCCCC2)cs1. The zero-order chi connectivity index (χ0) is 16.6. The van der Waals surface area contributed by atoms with E-state index in [0.717, 1.165) is 19.5 Å². The summed E-state index contributed by atoms with van der Waals surface area (Å²) in [5, 5.41) is 12.4. The van der Waals surface area contributed by atoms with Crippen molar-refractivity contribution in [2.24, 2.45) is 5.41 Å². The van der Waals surface area contributed by atoms with Crippen LogP contribution in [0.25, 0.3) is 0 Å². The Kier molecular flexibility index (Phi) is 5.01. The number of rotatable bonds is 6. The fraction of sp³-hybridized carbons (Fsp3) is 0.800. The van der Waals surface area contributed by atoms with Crippen LogP contribution in [-0.4, -0.2) is 46.7 Å². The van der Waals surface area contributed by atoms with Gasteiger partial charge in [-0.05, 0) is 68.6 Å². The lowest BCUT2D eigenvalue weighted by Gasteiger charge is -2.35. The summed E-state index contributed by atoms with van der Waals surface area (Å²) in [6, 6.07) is 3.75. The number of likely N-dealkylation sites (tertiary alicyclic amines) is 1. The van der Waals surface area contributed by atoms with Crippen molar-refractivity contribution >= 4 is 11.3 Å². The molecule has 3 atom stereocenters. The van der Waals surface area contributed by atoms with E-state index in [0.29, 0.717) is 18.7 Å². The number of thiophene rings is 1. The van der Waals surface area contributed by atoms with Crippen molar-refractivity contribution < 1.29 is 5.11 Å². The normalized spacial score (nSPS) is 34.2. The Hall–Kier alpha value is -0.420. The van der Waals surface area contributed by atoms with Crippen molar-refractivity contribution in [1.29, 1.82) is 0 Å². The van der Waals surface area contributed by atoms with Crippen molar-refractivity contribution in [2.45, 2.75) is 77.0 Å². The molecule has 0 unspecified atom stereocenters. The molecule has 2 bridgehead atoms. The highest BCUT2D eigenvalue weighted by Gasteiger charge is 2.54. The third kappa shape index (κ3) is 3.07. The molecule has 3 fully saturated rings. The van der Waals surface area contributed by atoms with Gasteiger partial charge >= 0.3 is 0 Å². The van der Waals surface area contributed by atoms with Gasteiger partial charge < -0.3 is 5.11 Å². The number of nitrogens with zero attached hydrogens (tertiary/aromatic N) is 2. The van der Waals surface area contributed by atoms with Gasteiger partial charge in [-0.1, -0.05) is 13.3 Å². The summed E-state index contributed by atoms with van der Waals surface area (Å²) in [7, 11) is 0. The number of aliphatic hydroxyl groups is 1. The number of hydrogen-bond acceptors (Lipinski definition) is 4. The summed E-state index contributed by atoms with van der Waals surface area (Å²) in [6.07, 6.45) is 9.09. The van der Waals surface area contributed by atoms with Crippen LogP contribution in [0.2, 0.25) is 0 Å². The minimum Gasteiger partial charge on any atom is -0.396 e. The summed E-state index contributed by atoms with van der Waals surface area (Å²) in [5.74, 6) is 0. The minimum atomic E-state index is 0.177. The quantitative estimate of drug-likeness (QED) is 0.846. The number of aliphatic hydroxyl groups excluding tert-OH is 1. The van der Waals surface area contributed by atoms with Crippen molar-refractivity contribution in [2.75, 3.05) is 19.7 Å². The molecule has 4 heterocycles. The molecular weight excluding hydrogens is 316 g/mol. The maximum absolute atomic E-state index is 9.98. The van der Waals surface area contributed by atoms with Gasteiger partial charge in [-0.2, -0.15) is 0 Å². The topological polar surface area (TPSA) is 26.7 Å². The molecule has 134 valence electrons. The summed E-state index contributed by atoms with van der Waals surface area (Å²) < 4.78 is 0. The Labute approximate surface area is 150 Å². The molecule has 1 aromatic heterocycles. The largest absolute Gasteiger partial charge is 0.396 e. The molecule has 0 aromatic carbocycles. The standard InChI is InChI=1S/C20H32N2OS/c1-2-20(15-23)11-17-6-7-19(20)22(17)13-18-10-16(14-24-18)12-21-8-4-3-5-9-21/h10,14,17,19,23H,2-9,11-13,15H2,1H3/t17-,19+,20-/m0/s1. The van der Waals surface area contributed by atoms with Crippen molar-refractivity contribution in [3.05, 3.63) is 21.9 Å². The van der Waals surface area contributed by atoms with E-state index in [2.05, 4.69) is 28.2 Å². The third-order valence-corrected chi connectivity index (χ3v) is 7.88. The van der Waals surface area contributed by atoms with E-state index >= 15 is 0 Å². The predicted molar refractivity (Wildman–Crippen MR) is 100 cm³/mol. The number of hydrogen-bond donors (Lipinski definition) is 1. The molecule has 3 saturated heterocycles. The van der Waals surface area contributed by atoms with Crippen LogP contribution in [-0.2, 0) is 13.1 Å². The lowest BCUT2D eigenvalue weighted by atomic mass is 9.72. The first kappa shape index (κ1) is 17.0. The molecule has 0 aliphatic carbocycles. The van der Waals surface area contributed by atoms with E-state index < -0.39 is 0 Å². The Balaban J connectivity index is 1.39. The van der Waals surface area contributed by atoms with Crippen LogP contribution in [0.15, 0.2) is 11.4 Å². The molecule has 0 saturated carbocycles. The molecule has 3 aliphatic rings. The van der Waals surface area contributed by atoms with E-state index in [-0.39, 0.29) is 5.41 Å². The molecule has 0 radical (unpaired) electrons. The Morgan fingerprint density at radius 3 is 2.75 bits per heavy atom. The maximum atomic E-state index is 9.98. The second-order valence-electron chi connectivity index (χ2n) is 8.26. The molecule has 24 heavy (non-hydrogen) atoms. The first-order valence-electron chi connectivity index (χ1n) is 9.89. The monoisotopic (exact) mass is 348 g/mol. The van der Waals surface area contributed by atoms with Gasteiger partial charge in [0.15, 0.2) is 0 Å². The molecular formula is C20H32N2OS. The molecule has 4 rings (SSSR count). The highest BCUT2D eigenvalue weighted by molar-refractivity contribution is 7.10. The maximum Gasteiger partial charge on any atom is 0.0502 e. The van der Waals surface area contributed by atoms with Crippen LogP contribution in [0.5, 0.6) is 0 Å². The van der Waals surface area contributed by atoms with Gasteiger partial charge in [-0.25, -0.2) is 0 Å². The van der Waals surface area contributed by atoms with Crippen LogP contribution in [0.4, 0.5) is 0 Å². The molecule has 4 heteroatoms. The summed E-state index contributed by atoms with van der Waals surface area (Å²) in [4.78, 5) is 6.85. The van der Waals surface area contributed by atoms with Gasteiger partial charge in [0.05, 0.1) is 6.61 Å². The van der Waals surface area contributed by atoms with Gasteiger partial charge in [0.2, 0.25) is 0 Å². The Bertz CT molecular complexity index is 548. The van der Waals surface area contributed by atoms with Crippen LogP contribution >= 0.6 is 11.3 Å². The highest BCUT2D eigenvalue weighted by Crippen LogP contribution is 2.52. The molecule has 1 N–H and O–H groups in total. The predicted octanol–water partition coefficient (Wildman–Crippen LogP) is 3.86. The van der Waals surface area contributed by atoms with E-state index in [1.165, 1.54) is 62.1 Å². The van der Waals surface area contributed by atoms with E-state index in [1.807, 2.05) is 11.3 Å². The first-order valence-corrected chi connectivity index (χ1v) is 10.8. The van der Waals surface area contributed by atoms with Gasteiger partial charge in [-0.3, -0.25) is 9.80 Å². The average Bonchev–Trinajstić information content (AvgIpc) is 3.30. The van der Waals surface area contributed by atoms with Gasteiger partial charge in [0, 0.05) is 35.5 Å². The molecule has 0 spiro atoms. The van der Waals surface area contributed by atoms with Crippen molar-refractivity contribution in [1.82, 2.24) is 9.80 Å². The van der Waals surface area contributed by atoms with Crippen molar-refractivity contribution in [3.8, 4) is 0 Å². The van der Waals surface area contributed by atoms with Crippen LogP contribution in [0, 0.1) is 5.41 Å². The summed E-state index contributed by atoms with van der Waals surface area (Å²) in [6.45, 7) is 7.41. The van der Waals surface area contributed by atoms with E-state index in [9.17, 15) is 5.11 Å².